The molecule has 0 aliphatic heterocycles. The molecule has 0 fully saturated rings. The molecule has 0 bridgehead atoms. The summed E-state index contributed by atoms with van der Waals surface area (Å²) in [6.45, 7) is -0.460. The fraction of sp³-hybridized carbons (Fsp3) is 0.278. The Morgan fingerprint density at radius 2 is 1.92 bits per heavy atom. The lowest BCUT2D eigenvalue weighted by atomic mass is 9.81. The van der Waals surface area contributed by atoms with Gasteiger partial charge in [0.1, 0.15) is 5.75 Å². The van der Waals surface area contributed by atoms with E-state index >= 15 is 0 Å². The van der Waals surface area contributed by atoms with E-state index in [0.717, 1.165) is 0 Å². The van der Waals surface area contributed by atoms with Gasteiger partial charge in [-0.05, 0) is 29.8 Å². The number of halogens is 2. The molecule has 6 nitrogen and oxygen atoms in total. The Kier molecular flexibility index (Phi) is 6.99. The second-order valence-electron chi connectivity index (χ2n) is 5.53. The zero-order valence-corrected chi connectivity index (χ0v) is 16.5. The van der Waals surface area contributed by atoms with Gasteiger partial charge in [-0.25, -0.2) is 0 Å². The minimum Gasteiger partial charge on any atom is -0.496 e. The van der Waals surface area contributed by atoms with Crippen LogP contribution in [0.5, 0.6) is 5.75 Å². The van der Waals surface area contributed by atoms with Gasteiger partial charge in [0.15, 0.2) is 0 Å². The Hall–Kier alpha value is -2.12. The Labute approximate surface area is 164 Å². The number of carbonyl (C=O) groups is 1. The van der Waals surface area contributed by atoms with Gasteiger partial charge < -0.3 is 9.47 Å². The highest BCUT2D eigenvalue weighted by Gasteiger charge is 2.38. The molecule has 8 heteroatoms. The van der Waals surface area contributed by atoms with Crippen molar-refractivity contribution in [3.8, 4) is 5.75 Å². The molecule has 2 rings (SSSR count). The molecule has 0 aromatic heterocycles. The van der Waals surface area contributed by atoms with Crippen molar-refractivity contribution in [1.82, 2.24) is 0 Å². The van der Waals surface area contributed by atoms with Crippen LogP contribution in [0.15, 0.2) is 46.9 Å². The largest absolute Gasteiger partial charge is 0.496 e. The van der Waals surface area contributed by atoms with E-state index < -0.39 is 29.3 Å². The summed E-state index contributed by atoms with van der Waals surface area (Å²) in [5, 5.41) is 11.7. The predicted molar refractivity (Wildman–Crippen MR) is 102 cm³/mol. The van der Waals surface area contributed by atoms with Crippen LogP contribution >= 0.6 is 27.5 Å². The Morgan fingerprint density at radius 1 is 1.23 bits per heavy atom. The zero-order chi connectivity index (χ0) is 19.3. The Bertz CT molecular complexity index is 814. The smallest absolute Gasteiger partial charge is 0.314 e. The Morgan fingerprint density at radius 3 is 2.50 bits per heavy atom. The monoisotopic (exact) mass is 441 g/mol. The van der Waals surface area contributed by atoms with Gasteiger partial charge in [-0.2, -0.15) is 0 Å². The summed E-state index contributed by atoms with van der Waals surface area (Å²) in [5.74, 6) is -1.93. The first-order valence-corrected chi connectivity index (χ1v) is 8.83. The van der Waals surface area contributed by atoms with E-state index in [-0.39, 0.29) is 0 Å². The summed E-state index contributed by atoms with van der Waals surface area (Å²) in [6, 6.07) is 11.9. The van der Waals surface area contributed by atoms with Crippen LogP contribution < -0.4 is 4.74 Å². The van der Waals surface area contributed by atoms with Gasteiger partial charge in [-0.3, -0.25) is 14.9 Å². The van der Waals surface area contributed by atoms with Gasteiger partial charge in [0.05, 0.1) is 26.1 Å². The maximum Gasteiger partial charge on any atom is 0.314 e. The summed E-state index contributed by atoms with van der Waals surface area (Å²) < 4.78 is 11.0. The molecule has 0 N–H and O–H groups in total. The van der Waals surface area contributed by atoms with Gasteiger partial charge in [0.25, 0.3) is 0 Å². The highest BCUT2D eigenvalue weighted by Crippen LogP contribution is 2.41. The van der Waals surface area contributed by atoms with Crippen LogP contribution in [0.1, 0.15) is 23.0 Å². The molecule has 0 aliphatic carbocycles. The lowest BCUT2D eigenvalue weighted by molar-refractivity contribution is -0.483. The summed E-state index contributed by atoms with van der Waals surface area (Å²) in [7, 11) is 2.71. The van der Waals surface area contributed by atoms with Crippen molar-refractivity contribution < 1.29 is 19.2 Å². The third kappa shape index (κ3) is 4.53. The van der Waals surface area contributed by atoms with E-state index in [0.29, 0.717) is 26.4 Å². The first-order valence-electron chi connectivity index (χ1n) is 7.66. The fourth-order valence-electron chi connectivity index (χ4n) is 2.90. The number of ether oxygens (including phenoxy) is 2. The van der Waals surface area contributed by atoms with Crippen molar-refractivity contribution in [1.29, 1.82) is 0 Å². The van der Waals surface area contributed by atoms with Crippen LogP contribution in [0, 0.1) is 10.1 Å². The Balaban J connectivity index is 2.69. The van der Waals surface area contributed by atoms with Gasteiger partial charge in [-0.15, -0.1) is 0 Å². The van der Waals surface area contributed by atoms with E-state index in [9.17, 15) is 14.9 Å². The standard InChI is InChI=1S/C18H17BrClNO5/c1-25-16-8-7-11(20)9-13(16)17(18(22)26-2)14(10-21(23)24)12-5-3-4-6-15(12)19/h3-9,14,17H,10H2,1-2H3. The molecule has 0 spiro atoms. The van der Waals surface area contributed by atoms with Crippen molar-refractivity contribution in [3.63, 3.8) is 0 Å². The number of rotatable bonds is 7. The molecule has 2 atom stereocenters. The minimum atomic E-state index is -0.960. The molecule has 0 amide bonds. The maximum absolute atomic E-state index is 12.6. The summed E-state index contributed by atoms with van der Waals surface area (Å²) in [4.78, 5) is 23.5. The third-order valence-corrected chi connectivity index (χ3v) is 4.99. The second kappa shape index (κ2) is 9.00. The molecule has 0 saturated carbocycles. The highest BCUT2D eigenvalue weighted by molar-refractivity contribution is 9.10. The fourth-order valence-corrected chi connectivity index (χ4v) is 3.66. The van der Waals surface area contributed by atoms with E-state index in [1.54, 1.807) is 42.5 Å². The van der Waals surface area contributed by atoms with Crippen molar-refractivity contribution in [2.75, 3.05) is 20.8 Å². The summed E-state index contributed by atoms with van der Waals surface area (Å²) in [6.07, 6.45) is 0. The first-order chi connectivity index (χ1) is 12.4. The molecule has 138 valence electrons. The number of benzene rings is 2. The molecule has 0 heterocycles. The summed E-state index contributed by atoms with van der Waals surface area (Å²) >= 11 is 9.52. The van der Waals surface area contributed by atoms with Crippen LogP contribution in [-0.2, 0) is 9.53 Å². The van der Waals surface area contributed by atoms with Crippen LogP contribution in [0.4, 0.5) is 0 Å². The van der Waals surface area contributed by atoms with Crippen molar-refractivity contribution >= 4 is 33.5 Å². The van der Waals surface area contributed by atoms with Crippen LogP contribution in [0.25, 0.3) is 0 Å². The van der Waals surface area contributed by atoms with Crippen molar-refractivity contribution in [2.45, 2.75) is 11.8 Å². The lowest BCUT2D eigenvalue weighted by Gasteiger charge is -2.25. The number of hydrogen-bond acceptors (Lipinski definition) is 5. The molecular formula is C18H17BrClNO5. The highest BCUT2D eigenvalue weighted by atomic mass is 79.9. The number of esters is 1. The number of nitro groups is 1. The topological polar surface area (TPSA) is 78.7 Å². The van der Waals surface area contributed by atoms with Crippen molar-refractivity contribution in [2.24, 2.45) is 0 Å². The van der Waals surface area contributed by atoms with Gasteiger partial charge in [-0.1, -0.05) is 45.7 Å². The van der Waals surface area contributed by atoms with E-state index in [2.05, 4.69) is 15.9 Å². The molecule has 0 aliphatic rings. The lowest BCUT2D eigenvalue weighted by Crippen LogP contribution is -2.27. The van der Waals surface area contributed by atoms with Crippen LogP contribution in [-0.4, -0.2) is 31.7 Å². The quantitative estimate of drug-likeness (QED) is 0.360. The second-order valence-corrected chi connectivity index (χ2v) is 6.82. The molecule has 2 aromatic carbocycles. The van der Waals surface area contributed by atoms with E-state index in [1.165, 1.54) is 14.2 Å². The predicted octanol–water partition coefficient (Wildman–Crippen LogP) is 4.43. The summed E-state index contributed by atoms with van der Waals surface area (Å²) in [5.41, 5.74) is 1.07. The molecular weight excluding hydrogens is 426 g/mol. The third-order valence-electron chi connectivity index (χ3n) is 4.03. The normalized spacial score (nSPS) is 12.9. The van der Waals surface area contributed by atoms with E-state index in [4.69, 9.17) is 21.1 Å². The molecule has 26 heavy (non-hydrogen) atoms. The number of carbonyl (C=O) groups excluding carboxylic acids is 1. The number of hydrogen-bond donors (Lipinski definition) is 0. The molecule has 2 unspecified atom stereocenters. The zero-order valence-electron chi connectivity index (χ0n) is 14.1. The minimum absolute atomic E-state index is 0.390. The molecule has 0 saturated heterocycles. The molecule has 2 aromatic rings. The van der Waals surface area contributed by atoms with Crippen LogP contribution in [0.2, 0.25) is 5.02 Å². The molecule has 0 radical (unpaired) electrons. The average molecular weight is 443 g/mol. The number of methoxy groups -OCH3 is 2. The van der Waals surface area contributed by atoms with Gasteiger partial charge in [0, 0.05) is 20.0 Å². The van der Waals surface area contributed by atoms with E-state index in [1.807, 2.05) is 0 Å². The van der Waals surface area contributed by atoms with Gasteiger partial charge in [0.2, 0.25) is 6.54 Å². The van der Waals surface area contributed by atoms with Crippen molar-refractivity contribution in [3.05, 3.63) is 73.2 Å². The van der Waals surface area contributed by atoms with Crippen LogP contribution in [0.3, 0.4) is 0 Å². The average Bonchev–Trinajstić information content (AvgIpc) is 2.61. The number of nitrogens with zero attached hydrogens (tertiary/aromatic N) is 1. The maximum atomic E-state index is 12.6. The van der Waals surface area contributed by atoms with Gasteiger partial charge >= 0.3 is 5.97 Å². The SMILES string of the molecule is COC(=O)C(c1cc(Cl)ccc1OC)C(C[N+](=O)[O-])c1ccccc1Br. The first kappa shape index (κ1) is 20.2.